The molecule has 1 aliphatic rings. The number of hydrogen-bond donors (Lipinski definition) is 1. The number of nitrogens with one attached hydrogen (secondary N) is 1. The minimum Gasteiger partial charge on any atom is -0.373 e. The van der Waals surface area contributed by atoms with E-state index in [1.54, 1.807) is 12.1 Å². The van der Waals surface area contributed by atoms with E-state index in [0.29, 0.717) is 5.92 Å². The van der Waals surface area contributed by atoms with Crippen LogP contribution in [0.2, 0.25) is 5.02 Å². The first kappa shape index (κ1) is 13.8. The smallest absolute Gasteiger partial charge is 0.141 e. The Balaban J connectivity index is 2.14. The molecular weight excluding hydrogens is 253 g/mol. The lowest BCUT2D eigenvalue weighted by atomic mass is 9.89. The van der Waals surface area contributed by atoms with Gasteiger partial charge in [0, 0.05) is 19.1 Å². The predicted molar refractivity (Wildman–Crippen MR) is 71.4 cm³/mol. The molecule has 1 saturated heterocycles. The highest BCUT2D eigenvalue weighted by Crippen LogP contribution is 2.34. The maximum atomic E-state index is 13.2. The maximum absolute atomic E-state index is 13.2. The van der Waals surface area contributed by atoms with E-state index in [9.17, 15) is 4.39 Å². The molecule has 0 amide bonds. The zero-order valence-electron chi connectivity index (χ0n) is 10.6. The maximum Gasteiger partial charge on any atom is 0.141 e. The van der Waals surface area contributed by atoms with Crippen molar-refractivity contribution in [3.05, 3.63) is 34.6 Å². The molecule has 0 saturated carbocycles. The molecule has 4 heteroatoms. The minimum absolute atomic E-state index is 0.0240. The summed E-state index contributed by atoms with van der Waals surface area (Å²) < 4.78 is 19.0. The molecule has 0 radical (unpaired) electrons. The Bertz CT molecular complexity index is 399. The summed E-state index contributed by atoms with van der Waals surface area (Å²) in [7, 11) is 0. The van der Waals surface area contributed by atoms with E-state index in [-0.39, 0.29) is 16.9 Å². The molecule has 2 nitrogen and oxygen atoms in total. The summed E-state index contributed by atoms with van der Waals surface area (Å²) in [4.78, 5) is 0. The highest BCUT2D eigenvalue weighted by molar-refractivity contribution is 6.30. The van der Waals surface area contributed by atoms with Gasteiger partial charge in [-0.3, -0.25) is 0 Å². The highest BCUT2D eigenvalue weighted by atomic mass is 35.5. The monoisotopic (exact) mass is 271 g/mol. The average Bonchev–Trinajstić information content (AvgIpc) is 2.40. The molecule has 1 aromatic carbocycles. The quantitative estimate of drug-likeness (QED) is 0.904. The summed E-state index contributed by atoms with van der Waals surface area (Å²) >= 11 is 5.84. The lowest BCUT2D eigenvalue weighted by Crippen LogP contribution is -2.31. The molecule has 2 unspecified atom stereocenters. The standard InChI is InChI=1S/C14H19ClFNO/c1-2-17-9-11-4-3-7-18-14(11)10-5-6-13(16)12(15)8-10/h5-6,8,11,14,17H,2-4,7,9H2,1H3. The predicted octanol–water partition coefficient (Wildman–Crippen LogP) is 3.56. The Hall–Kier alpha value is -0.640. The van der Waals surface area contributed by atoms with Gasteiger partial charge in [-0.05, 0) is 37.1 Å². The largest absolute Gasteiger partial charge is 0.373 e. The number of ether oxygens (including phenoxy) is 1. The van der Waals surface area contributed by atoms with E-state index >= 15 is 0 Å². The summed E-state index contributed by atoms with van der Waals surface area (Å²) in [5, 5.41) is 3.53. The summed E-state index contributed by atoms with van der Waals surface area (Å²) in [6, 6.07) is 4.88. The lowest BCUT2D eigenvalue weighted by molar-refractivity contribution is -0.0276. The molecule has 0 aliphatic carbocycles. The molecule has 2 atom stereocenters. The minimum atomic E-state index is -0.376. The molecule has 1 heterocycles. The van der Waals surface area contributed by atoms with Crippen molar-refractivity contribution < 1.29 is 9.13 Å². The molecule has 0 aromatic heterocycles. The van der Waals surface area contributed by atoms with Crippen molar-refractivity contribution in [3.63, 3.8) is 0 Å². The third-order valence-electron chi connectivity index (χ3n) is 3.37. The van der Waals surface area contributed by atoms with Crippen LogP contribution in [0.1, 0.15) is 31.4 Å². The number of benzene rings is 1. The number of hydrogen-bond acceptors (Lipinski definition) is 2. The van der Waals surface area contributed by atoms with Gasteiger partial charge in [-0.1, -0.05) is 24.6 Å². The zero-order chi connectivity index (χ0) is 13.0. The van der Waals surface area contributed by atoms with Gasteiger partial charge in [0.1, 0.15) is 5.82 Å². The van der Waals surface area contributed by atoms with Crippen molar-refractivity contribution in [2.45, 2.75) is 25.9 Å². The van der Waals surface area contributed by atoms with Crippen LogP contribution in [0.4, 0.5) is 4.39 Å². The van der Waals surface area contributed by atoms with Crippen LogP contribution in [0.3, 0.4) is 0 Å². The van der Waals surface area contributed by atoms with Crippen molar-refractivity contribution >= 4 is 11.6 Å². The van der Waals surface area contributed by atoms with Crippen molar-refractivity contribution in [2.24, 2.45) is 5.92 Å². The first-order chi connectivity index (χ1) is 8.72. The second-order valence-corrected chi connectivity index (χ2v) is 5.08. The average molecular weight is 272 g/mol. The Kier molecular flexibility index (Phi) is 4.98. The van der Waals surface area contributed by atoms with Crippen LogP contribution in [0.15, 0.2) is 18.2 Å². The van der Waals surface area contributed by atoms with Crippen molar-refractivity contribution in [1.82, 2.24) is 5.32 Å². The first-order valence-electron chi connectivity index (χ1n) is 6.49. The molecule has 100 valence electrons. The second kappa shape index (κ2) is 6.50. The van der Waals surface area contributed by atoms with Gasteiger partial charge in [0.15, 0.2) is 0 Å². The molecule has 1 aromatic rings. The Morgan fingerprint density at radius 1 is 1.50 bits per heavy atom. The fourth-order valence-corrected chi connectivity index (χ4v) is 2.63. The van der Waals surface area contributed by atoms with Gasteiger partial charge in [-0.2, -0.15) is 0 Å². The van der Waals surface area contributed by atoms with E-state index in [1.165, 1.54) is 6.07 Å². The molecular formula is C14H19ClFNO. The van der Waals surface area contributed by atoms with Gasteiger partial charge >= 0.3 is 0 Å². The van der Waals surface area contributed by atoms with Crippen molar-refractivity contribution in [3.8, 4) is 0 Å². The van der Waals surface area contributed by atoms with Gasteiger partial charge in [0.25, 0.3) is 0 Å². The van der Waals surface area contributed by atoms with E-state index < -0.39 is 0 Å². The molecule has 1 fully saturated rings. The molecule has 0 bridgehead atoms. The van der Waals surface area contributed by atoms with Crippen LogP contribution in [-0.2, 0) is 4.74 Å². The normalized spacial score (nSPS) is 24.2. The molecule has 18 heavy (non-hydrogen) atoms. The molecule has 0 spiro atoms. The summed E-state index contributed by atoms with van der Waals surface area (Å²) in [5.41, 5.74) is 0.976. The SMILES string of the molecule is CCNCC1CCCOC1c1ccc(F)c(Cl)c1. The van der Waals surface area contributed by atoms with Gasteiger partial charge in [0.2, 0.25) is 0 Å². The summed E-state index contributed by atoms with van der Waals surface area (Å²) in [6.45, 7) is 4.74. The fourth-order valence-electron chi connectivity index (χ4n) is 2.44. The Morgan fingerprint density at radius 2 is 2.33 bits per heavy atom. The van der Waals surface area contributed by atoms with Crippen LogP contribution in [0.25, 0.3) is 0 Å². The zero-order valence-corrected chi connectivity index (χ0v) is 11.3. The van der Waals surface area contributed by atoms with E-state index in [2.05, 4.69) is 12.2 Å². The topological polar surface area (TPSA) is 21.3 Å². The van der Waals surface area contributed by atoms with Gasteiger partial charge in [0.05, 0.1) is 11.1 Å². The van der Waals surface area contributed by atoms with E-state index in [1.807, 2.05) is 0 Å². The molecule has 1 N–H and O–H groups in total. The number of rotatable bonds is 4. The van der Waals surface area contributed by atoms with Crippen molar-refractivity contribution in [2.75, 3.05) is 19.7 Å². The summed E-state index contributed by atoms with van der Waals surface area (Å²) in [5.74, 6) is 0.0553. The van der Waals surface area contributed by atoms with Gasteiger partial charge < -0.3 is 10.1 Å². The van der Waals surface area contributed by atoms with Gasteiger partial charge in [-0.15, -0.1) is 0 Å². The van der Waals surface area contributed by atoms with E-state index in [0.717, 1.165) is 38.1 Å². The third kappa shape index (κ3) is 3.22. The van der Waals surface area contributed by atoms with Crippen LogP contribution in [0.5, 0.6) is 0 Å². The molecule has 1 aliphatic heterocycles. The third-order valence-corrected chi connectivity index (χ3v) is 3.66. The number of halogens is 2. The Morgan fingerprint density at radius 3 is 3.06 bits per heavy atom. The second-order valence-electron chi connectivity index (χ2n) is 4.67. The van der Waals surface area contributed by atoms with Crippen LogP contribution in [-0.4, -0.2) is 19.7 Å². The van der Waals surface area contributed by atoms with Crippen LogP contribution in [0, 0.1) is 11.7 Å². The van der Waals surface area contributed by atoms with Crippen LogP contribution < -0.4 is 5.32 Å². The van der Waals surface area contributed by atoms with Crippen LogP contribution >= 0.6 is 11.6 Å². The van der Waals surface area contributed by atoms with Crippen molar-refractivity contribution in [1.29, 1.82) is 0 Å². The highest BCUT2D eigenvalue weighted by Gasteiger charge is 2.27. The van der Waals surface area contributed by atoms with Gasteiger partial charge in [-0.25, -0.2) is 4.39 Å². The fraction of sp³-hybridized carbons (Fsp3) is 0.571. The first-order valence-corrected chi connectivity index (χ1v) is 6.87. The lowest BCUT2D eigenvalue weighted by Gasteiger charge is -2.32. The Labute approximate surface area is 112 Å². The molecule has 2 rings (SSSR count). The van der Waals surface area contributed by atoms with E-state index in [4.69, 9.17) is 16.3 Å². The summed E-state index contributed by atoms with van der Waals surface area (Å²) in [6.07, 6.45) is 2.24.